The lowest BCUT2D eigenvalue weighted by molar-refractivity contribution is -0.167. The maximum Gasteiger partial charge on any atom is 0.328 e. The first-order valence-electron chi connectivity index (χ1n) is 19.0. The first kappa shape index (κ1) is 44.4. The summed E-state index contributed by atoms with van der Waals surface area (Å²) in [6.45, 7) is 4.99. The van der Waals surface area contributed by atoms with Gasteiger partial charge in [0, 0.05) is 25.6 Å². The summed E-state index contributed by atoms with van der Waals surface area (Å²) < 4.78 is 11.6. The van der Waals surface area contributed by atoms with Crippen molar-refractivity contribution < 1.29 is 58.9 Å². The van der Waals surface area contributed by atoms with Crippen LogP contribution in [0.5, 0.6) is 5.75 Å². The highest BCUT2D eigenvalue weighted by Crippen LogP contribution is 2.25. The molecule has 6 atom stereocenters. The molecule has 0 saturated carbocycles. The monoisotopic (exact) mass is 773 g/mol. The minimum atomic E-state index is -1.22. The quantitative estimate of drug-likeness (QED) is 0.0347. The molecular formula is C38H55N5O12. The van der Waals surface area contributed by atoms with Crippen LogP contribution in [0.15, 0.2) is 41.4 Å². The van der Waals surface area contributed by atoms with Gasteiger partial charge in [0.2, 0.25) is 17.7 Å². The summed E-state index contributed by atoms with van der Waals surface area (Å²) in [6, 6.07) is 3.13. The zero-order chi connectivity index (χ0) is 40.5. The molecule has 0 bridgehead atoms. The lowest BCUT2D eigenvalue weighted by Crippen LogP contribution is -2.51. The van der Waals surface area contributed by atoms with Crippen molar-refractivity contribution in [3.8, 4) is 5.75 Å². The van der Waals surface area contributed by atoms with Crippen molar-refractivity contribution in [1.82, 2.24) is 20.8 Å². The molecule has 0 radical (unpaired) electrons. The molecule has 304 valence electrons. The molecule has 2 heterocycles. The van der Waals surface area contributed by atoms with Crippen LogP contribution in [0.25, 0.3) is 0 Å². The first-order valence-corrected chi connectivity index (χ1v) is 19.0. The van der Waals surface area contributed by atoms with Gasteiger partial charge in [-0.2, -0.15) is 0 Å². The molecule has 0 spiro atoms. The standard InChI is InChI=1S/C38H55N5O12/c1-4-30(24(2)34(48)39-27-17-12-15-23-43(53)37(27)50)55-38(51)28(18-13-14-22-42(52)31(45)20-8-6-5-7-9-21-32(46)47)40-35(49)33-25(3)54-36(41-33)26-16-10-11-19-29(26)44/h8,10-11,16,19-20,24-25,27-28,30,33,44,52-53H,4-7,9,12-15,17-18,21-23H2,1-3H3,(H,39,48)(H,40,49)(H,46,47)/b20-8-. The van der Waals surface area contributed by atoms with Gasteiger partial charge < -0.3 is 30.3 Å². The van der Waals surface area contributed by atoms with Gasteiger partial charge in [0.15, 0.2) is 6.04 Å². The number of hydrogen-bond donors (Lipinski definition) is 6. The number of nitrogens with one attached hydrogen (secondary N) is 2. The van der Waals surface area contributed by atoms with Crippen molar-refractivity contribution in [2.24, 2.45) is 10.9 Å². The van der Waals surface area contributed by atoms with Crippen LogP contribution in [0, 0.1) is 5.92 Å². The van der Waals surface area contributed by atoms with E-state index in [2.05, 4.69) is 15.6 Å². The van der Waals surface area contributed by atoms with Crippen LogP contribution in [-0.2, 0) is 38.2 Å². The van der Waals surface area contributed by atoms with Gasteiger partial charge in [-0.25, -0.2) is 19.9 Å². The van der Waals surface area contributed by atoms with Gasteiger partial charge in [-0.1, -0.05) is 38.5 Å². The number of carbonyl (C=O) groups excluding carboxylic acids is 5. The topological polar surface area (TPSA) is 245 Å². The average molecular weight is 774 g/mol. The Morgan fingerprint density at radius 1 is 1.11 bits per heavy atom. The van der Waals surface area contributed by atoms with E-state index in [1.807, 2.05) is 0 Å². The van der Waals surface area contributed by atoms with Crippen molar-refractivity contribution in [3.63, 3.8) is 0 Å². The maximum absolute atomic E-state index is 13.7. The van der Waals surface area contributed by atoms with E-state index in [4.69, 9.17) is 14.6 Å². The SMILES string of the molecule is CCC(OC(=O)C(CCCCN(O)C(=O)/C=C\CCCCCC(=O)O)NC(=O)C1N=C(c2ccccc2O)OC1C)C(C)C(=O)NC1CCCCN(O)C1=O. The lowest BCUT2D eigenvalue weighted by atomic mass is 10.00. The molecule has 17 nitrogen and oxygen atoms in total. The molecule has 1 aromatic rings. The first-order chi connectivity index (χ1) is 26.2. The molecule has 17 heteroatoms. The molecule has 0 aromatic heterocycles. The third-order valence-electron chi connectivity index (χ3n) is 9.51. The van der Waals surface area contributed by atoms with Gasteiger partial charge in [0.25, 0.3) is 11.8 Å². The highest BCUT2D eigenvalue weighted by atomic mass is 16.5. The van der Waals surface area contributed by atoms with E-state index in [0.717, 1.165) is 0 Å². The predicted molar refractivity (Wildman–Crippen MR) is 197 cm³/mol. The molecule has 4 amide bonds. The fraction of sp³-hybridized carbons (Fsp3) is 0.605. The molecule has 6 N–H and O–H groups in total. The fourth-order valence-corrected chi connectivity index (χ4v) is 6.17. The number of carboxylic acid groups (broad SMARTS) is 1. The van der Waals surface area contributed by atoms with E-state index in [-0.39, 0.29) is 56.8 Å². The van der Waals surface area contributed by atoms with Crippen LogP contribution >= 0.6 is 0 Å². The number of aromatic hydroxyl groups is 1. The van der Waals surface area contributed by atoms with Gasteiger partial charge in [0.1, 0.15) is 30.0 Å². The number of para-hydroxylation sites is 1. The molecule has 1 saturated heterocycles. The third kappa shape index (κ3) is 14.0. The molecule has 2 aliphatic heterocycles. The second-order valence-corrected chi connectivity index (χ2v) is 13.8. The second-order valence-electron chi connectivity index (χ2n) is 13.8. The number of hydroxylamine groups is 4. The van der Waals surface area contributed by atoms with E-state index in [1.54, 1.807) is 45.0 Å². The van der Waals surface area contributed by atoms with E-state index < -0.39 is 71.8 Å². The summed E-state index contributed by atoms with van der Waals surface area (Å²) in [6.07, 6.45) is 6.05. The Labute approximate surface area is 320 Å². The highest BCUT2D eigenvalue weighted by molar-refractivity contribution is 6.01. The van der Waals surface area contributed by atoms with Crippen LogP contribution in [0.4, 0.5) is 0 Å². The number of carbonyl (C=O) groups is 6. The molecular weight excluding hydrogens is 718 g/mol. The lowest BCUT2D eigenvalue weighted by Gasteiger charge is -2.27. The van der Waals surface area contributed by atoms with Crippen LogP contribution < -0.4 is 10.6 Å². The number of hydrogen-bond acceptors (Lipinski definition) is 12. The maximum atomic E-state index is 13.7. The summed E-state index contributed by atoms with van der Waals surface area (Å²) >= 11 is 0. The zero-order valence-corrected chi connectivity index (χ0v) is 31.7. The number of ether oxygens (including phenoxy) is 2. The van der Waals surface area contributed by atoms with Crippen molar-refractivity contribution in [1.29, 1.82) is 0 Å². The van der Waals surface area contributed by atoms with Crippen molar-refractivity contribution >= 4 is 41.5 Å². The van der Waals surface area contributed by atoms with E-state index >= 15 is 0 Å². The molecule has 1 aromatic carbocycles. The van der Waals surface area contributed by atoms with Crippen LogP contribution in [0.2, 0.25) is 0 Å². The third-order valence-corrected chi connectivity index (χ3v) is 9.51. The van der Waals surface area contributed by atoms with E-state index in [1.165, 1.54) is 12.1 Å². The number of aliphatic imine (C=N–C) groups is 1. The van der Waals surface area contributed by atoms with Gasteiger partial charge in [-0.15, -0.1) is 0 Å². The molecule has 1 fully saturated rings. The van der Waals surface area contributed by atoms with Gasteiger partial charge >= 0.3 is 11.9 Å². The number of phenols is 1. The van der Waals surface area contributed by atoms with Gasteiger partial charge in [-0.3, -0.25) is 34.4 Å². The number of allylic oxidation sites excluding steroid dienone is 1. The van der Waals surface area contributed by atoms with Crippen LogP contribution in [0.3, 0.4) is 0 Å². The number of unbranched alkanes of at least 4 members (excludes halogenated alkanes) is 4. The minimum absolute atomic E-state index is 0.0384. The number of esters is 1. The number of benzene rings is 1. The van der Waals surface area contributed by atoms with E-state index in [9.17, 15) is 44.3 Å². The normalized spacial score (nSPS) is 20.1. The number of nitrogens with zero attached hydrogens (tertiary/aromatic N) is 3. The van der Waals surface area contributed by atoms with Crippen molar-refractivity contribution in [2.45, 2.75) is 128 Å². The molecule has 6 unspecified atom stereocenters. The Morgan fingerprint density at radius 3 is 2.56 bits per heavy atom. The van der Waals surface area contributed by atoms with Crippen LogP contribution in [-0.4, -0.2) is 116 Å². The summed E-state index contributed by atoms with van der Waals surface area (Å²) in [7, 11) is 0. The Balaban J connectivity index is 1.65. The van der Waals surface area contributed by atoms with Crippen molar-refractivity contribution in [2.75, 3.05) is 13.1 Å². The number of amides is 4. The summed E-state index contributed by atoms with van der Waals surface area (Å²) in [5, 5.41) is 45.7. The molecule has 3 rings (SSSR count). The Kier molecular flexibility index (Phi) is 18.0. The fourth-order valence-electron chi connectivity index (χ4n) is 6.17. The Bertz CT molecular complexity index is 1550. The second kappa shape index (κ2) is 22.4. The summed E-state index contributed by atoms with van der Waals surface area (Å²) in [5.41, 5.74) is 0.296. The Morgan fingerprint density at radius 2 is 1.85 bits per heavy atom. The summed E-state index contributed by atoms with van der Waals surface area (Å²) in [5.74, 6) is -5.05. The highest BCUT2D eigenvalue weighted by Gasteiger charge is 2.38. The summed E-state index contributed by atoms with van der Waals surface area (Å²) in [4.78, 5) is 80.3. The zero-order valence-electron chi connectivity index (χ0n) is 31.7. The van der Waals surface area contributed by atoms with E-state index in [0.29, 0.717) is 60.6 Å². The van der Waals surface area contributed by atoms with Crippen LogP contribution in [0.1, 0.15) is 103 Å². The van der Waals surface area contributed by atoms with Gasteiger partial charge in [0.05, 0.1) is 11.5 Å². The Hall–Kier alpha value is -5.03. The number of phenolic OH excluding ortho intramolecular Hbond substituents is 1. The predicted octanol–water partition coefficient (Wildman–Crippen LogP) is 3.23. The smallest absolute Gasteiger partial charge is 0.328 e. The molecule has 0 aliphatic carbocycles. The average Bonchev–Trinajstić information content (AvgIpc) is 3.48. The number of aliphatic carboxylic acids is 1. The number of rotatable bonds is 21. The van der Waals surface area contributed by atoms with Gasteiger partial charge in [-0.05, 0) is 83.3 Å². The minimum Gasteiger partial charge on any atom is -0.507 e. The number of carboxylic acids is 1. The molecule has 55 heavy (non-hydrogen) atoms. The largest absolute Gasteiger partial charge is 0.507 e. The molecule has 2 aliphatic rings. The van der Waals surface area contributed by atoms with Crippen molar-refractivity contribution in [3.05, 3.63) is 42.0 Å².